The summed E-state index contributed by atoms with van der Waals surface area (Å²) in [6, 6.07) is 0. The van der Waals surface area contributed by atoms with Crippen molar-refractivity contribution in [2.75, 3.05) is 6.54 Å². The van der Waals surface area contributed by atoms with Gasteiger partial charge in [-0.1, -0.05) is 13.5 Å². The van der Waals surface area contributed by atoms with Crippen LogP contribution in [-0.2, 0) is 14.3 Å². The predicted octanol–water partition coefficient (Wildman–Crippen LogP) is 1.08. The molecule has 2 atom stereocenters. The first-order valence-corrected chi connectivity index (χ1v) is 3.98. The molecule has 0 amide bonds. The van der Waals surface area contributed by atoms with Crippen molar-refractivity contribution in [3.8, 4) is 0 Å². The number of ether oxygens (including phenoxy) is 1. The first-order chi connectivity index (χ1) is 6.11. The Morgan fingerprint density at radius 3 is 2.77 bits per heavy atom. The first kappa shape index (κ1) is 11.6. The van der Waals surface area contributed by atoms with E-state index in [-0.39, 0.29) is 12.0 Å². The highest BCUT2D eigenvalue weighted by atomic mass is 16.5. The fourth-order valence-corrected chi connectivity index (χ4v) is 0.677. The number of hydrogen-bond donors (Lipinski definition) is 0. The maximum Gasteiger partial charge on any atom is 0.330 e. The van der Waals surface area contributed by atoms with E-state index in [9.17, 15) is 9.59 Å². The van der Waals surface area contributed by atoms with E-state index in [1.165, 1.54) is 6.08 Å². The summed E-state index contributed by atoms with van der Waals surface area (Å²) in [5.74, 6) is -0.459. The molecule has 0 N–H and O–H groups in total. The molecule has 0 saturated carbocycles. The van der Waals surface area contributed by atoms with Crippen LogP contribution in [0, 0.1) is 5.92 Å². The SMILES string of the molecule is C=CC(=O)OC(C)C(C)CN=C=O. The Bertz CT molecular complexity index is 231. The number of isocyanates is 1. The van der Waals surface area contributed by atoms with Gasteiger partial charge in [0.2, 0.25) is 6.08 Å². The first-order valence-electron chi connectivity index (χ1n) is 3.98. The number of carbonyl (C=O) groups is 1. The van der Waals surface area contributed by atoms with Gasteiger partial charge in [-0.2, -0.15) is 0 Å². The van der Waals surface area contributed by atoms with Crippen molar-refractivity contribution in [1.82, 2.24) is 0 Å². The Balaban J connectivity index is 3.94. The number of rotatable bonds is 5. The lowest BCUT2D eigenvalue weighted by molar-refractivity contribution is -0.144. The van der Waals surface area contributed by atoms with E-state index in [1.807, 2.05) is 6.92 Å². The zero-order chi connectivity index (χ0) is 10.3. The summed E-state index contributed by atoms with van der Waals surface area (Å²) in [6.07, 6.45) is 2.26. The maximum absolute atomic E-state index is 10.8. The summed E-state index contributed by atoms with van der Waals surface area (Å²) < 4.78 is 4.91. The molecule has 4 nitrogen and oxygen atoms in total. The lowest BCUT2D eigenvalue weighted by atomic mass is 10.1. The molecule has 2 unspecified atom stereocenters. The molecular formula is C9H13NO3. The average Bonchev–Trinajstić information content (AvgIpc) is 2.13. The fraction of sp³-hybridized carbons (Fsp3) is 0.556. The highest BCUT2D eigenvalue weighted by Gasteiger charge is 2.14. The molecule has 0 saturated heterocycles. The normalized spacial score (nSPS) is 13.7. The van der Waals surface area contributed by atoms with Gasteiger partial charge in [0.25, 0.3) is 0 Å². The summed E-state index contributed by atoms with van der Waals surface area (Å²) in [7, 11) is 0. The van der Waals surface area contributed by atoms with Crippen molar-refractivity contribution in [2.45, 2.75) is 20.0 Å². The molecule has 0 radical (unpaired) electrons. The van der Waals surface area contributed by atoms with Crippen LogP contribution in [0.4, 0.5) is 0 Å². The van der Waals surface area contributed by atoms with Crippen molar-refractivity contribution >= 4 is 12.0 Å². The highest BCUT2D eigenvalue weighted by Crippen LogP contribution is 2.07. The van der Waals surface area contributed by atoms with Crippen LogP contribution in [-0.4, -0.2) is 24.7 Å². The molecule has 0 bridgehead atoms. The van der Waals surface area contributed by atoms with Gasteiger partial charge in [0.05, 0.1) is 6.54 Å². The van der Waals surface area contributed by atoms with Crippen LogP contribution in [0.25, 0.3) is 0 Å². The minimum atomic E-state index is -0.463. The molecule has 0 aliphatic rings. The van der Waals surface area contributed by atoms with Crippen molar-refractivity contribution in [1.29, 1.82) is 0 Å². The van der Waals surface area contributed by atoms with Gasteiger partial charge in [-0.25, -0.2) is 14.6 Å². The molecule has 13 heavy (non-hydrogen) atoms. The van der Waals surface area contributed by atoms with Crippen molar-refractivity contribution in [3.63, 3.8) is 0 Å². The second-order valence-electron chi connectivity index (χ2n) is 2.76. The van der Waals surface area contributed by atoms with E-state index in [0.717, 1.165) is 6.08 Å². The van der Waals surface area contributed by atoms with Crippen LogP contribution < -0.4 is 0 Å². The molecule has 0 aromatic carbocycles. The van der Waals surface area contributed by atoms with Gasteiger partial charge in [-0.15, -0.1) is 0 Å². The quantitative estimate of drug-likeness (QED) is 0.277. The number of hydrogen-bond acceptors (Lipinski definition) is 4. The predicted molar refractivity (Wildman–Crippen MR) is 47.9 cm³/mol. The number of nitrogens with zero attached hydrogens (tertiary/aromatic N) is 1. The van der Waals surface area contributed by atoms with Crippen molar-refractivity contribution < 1.29 is 14.3 Å². The molecule has 0 fully saturated rings. The minimum Gasteiger partial charge on any atom is -0.459 e. The summed E-state index contributed by atoms with van der Waals surface area (Å²) in [4.78, 5) is 24.0. The van der Waals surface area contributed by atoms with Crippen LogP contribution in [0.1, 0.15) is 13.8 Å². The van der Waals surface area contributed by atoms with Gasteiger partial charge in [0.15, 0.2) is 0 Å². The number of carbonyl (C=O) groups excluding carboxylic acids is 2. The smallest absolute Gasteiger partial charge is 0.330 e. The fourth-order valence-electron chi connectivity index (χ4n) is 0.677. The molecular weight excluding hydrogens is 170 g/mol. The van der Waals surface area contributed by atoms with E-state index in [0.29, 0.717) is 6.54 Å². The van der Waals surface area contributed by atoms with E-state index < -0.39 is 5.97 Å². The molecule has 0 aromatic rings. The van der Waals surface area contributed by atoms with Crippen LogP contribution in [0.15, 0.2) is 17.6 Å². The van der Waals surface area contributed by atoms with E-state index in [1.54, 1.807) is 6.92 Å². The van der Waals surface area contributed by atoms with E-state index in [4.69, 9.17) is 4.74 Å². The Kier molecular flexibility index (Phi) is 5.48. The Morgan fingerprint density at radius 1 is 1.69 bits per heavy atom. The minimum absolute atomic E-state index is 0.00495. The highest BCUT2D eigenvalue weighted by molar-refractivity contribution is 5.81. The number of aliphatic imine (C=N–C) groups is 1. The Labute approximate surface area is 77.3 Å². The molecule has 0 aliphatic carbocycles. The van der Waals surface area contributed by atoms with Gasteiger partial charge in [-0.3, -0.25) is 0 Å². The van der Waals surface area contributed by atoms with E-state index >= 15 is 0 Å². The molecule has 0 aliphatic heterocycles. The third-order valence-electron chi connectivity index (χ3n) is 1.71. The van der Waals surface area contributed by atoms with Crippen molar-refractivity contribution in [2.24, 2.45) is 10.9 Å². The van der Waals surface area contributed by atoms with Gasteiger partial charge < -0.3 is 4.74 Å². The zero-order valence-electron chi connectivity index (χ0n) is 7.82. The van der Waals surface area contributed by atoms with Gasteiger partial charge in [0.1, 0.15) is 6.10 Å². The van der Waals surface area contributed by atoms with Crippen LogP contribution >= 0.6 is 0 Å². The van der Waals surface area contributed by atoms with Gasteiger partial charge >= 0.3 is 5.97 Å². The van der Waals surface area contributed by atoms with Crippen LogP contribution in [0.5, 0.6) is 0 Å². The van der Waals surface area contributed by atoms with Crippen LogP contribution in [0.2, 0.25) is 0 Å². The lowest BCUT2D eigenvalue weighted by Crippen LogP contribution is -2.23. The summed E-state index contributed by atoms with van der Waals surface area (Å²) in [5.41, 5.74) is 0. The largest absolute Gasteiger partial charge is 0.459 e. The third kappa shape index (κ3) is 4.93. The lowest BCUT2D eigenvalue weighted by Gasteiger charge is -2.16. The maximum atomic E-state index is 10.8. The second kappa shape index (κ2) is 6.14. The standard InChI is InChI=1S/C9H13NO3/c1-4-9(12)13-8(3)7(2)5-10-6-11/h4,7-8H,1,5H2,2-3H3. The Hall–Kier alpha value is -1.41. The second-order valence-corrected chi connectivity index (χ2v) is 2.76. The topological polar surface area (TPSA) is 55.7 Å². The van der Waals surface area contributed by atoms with E-state index in [2.05, 4.69) is 11.6 Å². The molecule has 0 aromatic heterocycles. The third-order valence-corrected chi connectivity index (χ3v) is 1.71. The summed E-state index contributed by atoms with van der Waals surface area (Å²) in [5, 5.41) is 0. The average molecular weight is 183 g/mol. The molecule has 4 heteroatoms. The molecule has 0 heterocycles. The van der Waals surface area contributed by atoms with Gasteiger partial charge in [0, 0.05) is 12.0 Å². The molecule has 0 spiro atoms. The monoisotopic (exact) mass is 183 g/mol. The summed E-state index contributed by atoms with van der Waals surface area (Å²) >= 11 is 0. The van der Waals surface area contributed by atoms with Crippen LogP contribution in [0.3, 0.4) is 0 Å². The van der Waals surface area contributed by atoms with Crippen molar-refractivity contribution in [3.05, 3.63) is 12.7 Å². The molecule has 72 valence electrons. The molecule has 0 rings (SSSR count). The van der Waals surface area contributed by atoms with Gasteiger partial charge in [-0.05, 0) is 6.92 Å². The zero-order valence-corrected chi connectivity index (χ0v) is 7.82. The number of esters is 1. The summed E-state index contributed by atoms with van der Waals surface area (Å²) in [6.45, 7) is 7.17. The Morgan fingerprint density at radius 2 is 2.31 bits per heavy atom.